The average Bonchev–Trinajstić information content (AvgIpc) is 2.43. The summed E-state index contributed by atoms with van der Waals surface area (Å²) in [6.45, 7) is 3.73. The molecule has 0 amide bonds. The first kappa shape index (κ1) is 19.8. The third-order valence-electron chi connectivity index (χ3n) is 2.85. The molecule has 0 spiro atoms. The maximum atomic E-state index is 11.3. The third kappa shape index (κ3) is 8.37. The molecule has 1 aromatic carbocycles. The molecule has 1 rings (SSSR count). The molecule has 0 unspecified atom stereocenters. The minimum atomic E-state index is -3.38. The van der Waals surface area contributed by atoms with Gasteiger partial charge in [0.15, 0.2) is 0 Å². The van der Waals surface area contributed by atoms with E-state index < -0.39 is 10.0 Å². The first-order valence-electron chi connectivity index (χ1n) is 7.27. The lowest BCUT2D eigenvalue weighted by atomic mass is 10.2. The number of hydrogen-bond donors (Lipinski definition) is 1. The van der Waals surface area contributed by atoms with Crippen molar-refractivity contribution < 1.29 is 27.5 Å². The van der Waals surface area contributed by atoms with Crippen LogP contribution in [0, 0.1) is 0 Å². The van der Waals surface area contributed by atoms with Gasteiger partial charge in [-0.25, -0.2) is 8.42 Å². The number of sulfonamides is 1. The minimum Gasteiger partial charge on any atom is -0.464 e. The molecule has 1 aromatic rings. The van der Waals surface area contributed by atoms with E-state index in [4.69, 9.17) is 9.47 Å². The van der Waals surface area contributed by atoms with Crippen LogP contribution >= 0.6 is 0 Å². The Hall–Kier alpha value is -2.29. The van der Waals surface area contributed by atoms with Gasteiger partial charge < -0.3 is 14.4 Å². The summed E-state index contributed by atoms with van der Waals surface area (Å²) in [5.74, 6) is -0.773. The lowest BCUT2D eigenvalue weighted by Gasteiger charge is -2.25. The van der Waals surface area contributed by atoms with Gasteiger partial charge in [-0.05, 0) is 18.2 Å². The predicted molar refractivity (Wildman–Crippen MR) is 90.4 cm³/mol. The summed E-state index contributed by atoms with van der Waals surface area (Å²) in [5.41, 5.74) is 1.13. The van der Waals surface area contributed by atoms with E-state index in [1.54, 1.807) is 24.3 Å². The van der Waals surface area contributed by atoms with Crippen molar-refractivity contribution in [3.63, 3.8) is 0 Å². The number of hydrogen-bond acceptors (Lipinski definition) is 7. The number of anilines is 2. The summed E-state index contributed by atoms with van der Waals surface area (Å²) >= 11 is 0. The summed E-state index contributed by atoms with van der Waals surface area (Å²) in [6, 6.07) is 6.77. The summed E-state index contributed by atoms with van der Waals surface area (Å²) in [7, 11) is -3.38. The molecule has 0 aliphatic carbocycles. The molecule has 0 atom stereocenters. The number of carbonyl (C=O) groups excluding carboxylic acids is 2. The van der Waals surface area contributed by atoms with Gasteiger partial charge in [-0.2, -0.15) is 0 Å². The number of ether oxygens (including phenoxy) is 2. The first-order chi connectivity index (χ1) is 11.2. The fourth-order valence-electron chi connectivity index (χ4n) is 1.95. The largest absolute Gasteiger partial charge is 0.464 e. The molecular formula is C15H22N2O6S. The zero-order chi connectivity index (χ0) is 18.2. The maximum Gasteiger partial charge on any atom is 0.302 e. The van der Waals surface area contributed by atoms with E-state index in [0.29, 0.717) is 24.5 Å². The van der Waals surface area contributed by atoms with Gasteiger partial charge in [0.05, 0.1) is 25.0 Å². The SMILES string of the molecule is CC(=O)OCCN(CCOC(C)=O)c1cccc(NS(C)(=O)=O)c1. The molecule has 0 saturated heterocycles. The second kappa shape index (κ2) is 9.11. The molecule has 8 nitrogen and oxygen atoms in total. The van der Waals surface area contributed by atoms with Crippen LogP contribution < -0.4 is 9.62 Å². The van der Waals surface area contributed by atoms with E-state index in [-0.39, 0.29) is 25.2 Å². The zero-order valence-electron chi connectivity index (χ0n) is 13.9. The Kier molecular flexibility index (Phi) is 7.50. The minimum absolute atomic E-state index is 0.166. The number of carbonyl (C=O) groups is 2. The molecular weight excluding hydrogens is 336 g/mol. The van der Waals surface area contributed by atoms with E-state index in [0.717, 1.165) is 6.26 Å². The number of rotatable bonds is 9. The fraction of sp³-hybridized carbons (Fsp3) is 0.467. The van der Waals surface area contributed by atoms with Crippen molar-refractivity contribution in [3.8, 4) is 0 Å². The van der Waals surface area contributed by atoms with Crippen LogP contribution in [0.3, 0.4) is 0 Å². The standard InChI is InChI=1S/C15H22N2O6S/c1-12(18)22-9-7-17(8-10-23-13(2)19)15-6-4-5-14(11-15)16-24(3,20)21/h4-6,11,16H,7-10H2,1-3H3. The first-order valence-corrected chi connectivity index (χ1v) is 9.16. The second-order valence-corrected chi connectivity index (χ2v) is 6.84. The highest BCUT2D eigenvalue weighted by molar-refractivity contribution is 7.92. The van der Waals surface area contributed by atoms with Gasteiger partial charge in [-0.15, -0.1) is 0 Å². The van der Waals surface area contributed by atoms with E-state index in [1.807, 2.05) is 4.90 Å². The molecule has 24 heavy (non-hydrogen) atoms. The Balaban J connectivity index is 2.84. The Bertz CT molecular complexity index is 654. The van der Waals surface area contributed by atoms with Crippen molar-refractivity contribution in [2.75, 3.05) is 42.2 Å². The second-order valence-electron chi connectivity index (χ2n) is 5.09. The Morgan fingerprint density at radius 1 is 1.08 bits per heavy atom. The molecule has 1 N–H and O–H groups in total. The van der Waals surface area contributed by atoms with Gasteiger partial charge in [-0.1, -0.05) is 6.07 Å². The van der Waals surface area contributed by atoms with Gasteiger partial charge in [0.2, 0.25) is 10.0 Å². The van der Waals surface area contributed by atoms with Crippen molar-refractivity contribution in [2.45, 2.75) is 13.8 Å². The fourth-order valence-corrected chi connectivity index (χ4v) is 2.50. The van der Waals surface area contributed by atoms with E-state index in [2.05, 4.69) is 4.72 Å². The highest BCUT2D eigenvalue weighted by Gasteiger charge is 2.10. The van der Waals surface area contributed by atoms with Crippen LogP contribution in [-0.4, -0.2) is 52.9 Å². The average molecular weight is 358 g/mol. The Morgan fingerprint density at radius 3 is 2.08 bits per heavy atom. The van der Waals surface area contributed by atoms with E-state index in [1.165, 1.54) is 13.8 Å². The van der Waals surface area contributed by atoms with Crippen LogP contribution in [0.1, 0.15) is 13.8 Å². The summed E-state index contributed by atoms with van der Waals surface area (Å²) in [4.78, 5) is 23.6. The molecule has 0 aliphatic heterocycles. The molecule has 134 valence electrons. The molecule has 9 heteroatoms. The highest BCUT2D eigenvalue weighted by atomic mass is 32.2. The van der Waals surface area contributed by atoms with Crippen LogP contribution in [0.5, 0.6) is 0 Å². The van der Waals surface area contributed by atoms with Crippen molar-refractivity contribution in [3.05, 3.63) is 24.3 Å². The van der Waals surface area contributed by atoms with Crippen LogP contribution in [0.25, 0.3) is 0 Å². The quantitative estimate of drug-likeness (QED) is 0.657. The topological polar surface area (TPSA) is 102 Å². The molecule has 0 fully saturated rings. The Morgan fingerprint density at radius 2 is 1.62 bits per heavy atom. The van der Waals surface area contributed by atoms with Crippen LogP contribution in [0.15, 0.2) is 24.3 Å². The van der Waals surface area contributed by atoms with Gasteiger partial charge in [0, 0.05) is 19.5 Å². The predicted octanol–water partition coefficient (Wildman–Crippen LogP) is 0.991. The van der Waals surface area contributed by atoms with Crippen molar-refractivity contribution in [1.82, 2.24) is 0 Å². The summed E-state index contributed by atoms with van der Waals surface area (Å²) in [6.07, 6.45) is 1.07. The lowest BCUT2D eigenvalue weighted by molar-refractivity contribution is -0.141. The zero-order valence-corrected chi connectivity index (χ0v) is 14.8. The van der Waals surface area contributed by atoms with Gasteiger partial charge in [-0.3, -0.25) is 14.3 Å². The number of nitrogens with zero attached hydrogens (tertiary/aromatic N) is 1. The summed E-state index contributed by atoms with van der Waals surface area (Å²) in [5, 5.41) is 0. The molecule has 0 aliphatic rings. The van der Waals surface area contributed by atoms with Gasteiger partial charge >= 0.3 is 11.9 Å². The summed E-state index contributed by atoms with van der Waals surface area (Å²) < 4.78 is 34.9. The van der Waals surface area contributed by atoms with E-state index >= 15 is 0 Å². The number of nitrogens with one attached hydrogen (secondary N) is 1. The van der Waals surface area contributed by atoms with Crippen molar-refractivity contribution >= 4 is 33.3 Å². The van der Waals surface area contributed by atoms with Crippen molar-refractivity contribution in [2.24, 2.45) is 0 Å². The van der Waals surface area contributed by atoms with E-state index in [9.17, 15) is 18.0 Å². The highest BCUT2D eigenvalue weighted by Crippen LogP contribution is 2.20. The molecule has 0 aromatic heterocycles. The van der Waals surface area contributed by atoms with Gasteiger partial charge in [0.25, 0.3) is 0 Å². The monoisotopic (exact) mass is 358 g/mol. The molecule has 0 bridgehead atoms. The van der Waals surface area contributed by atoms with Crippen LogP contribution in [0.2, 0.25) is 0 Å². The molecule has 0 radical (unpaired) electrons. The van der Waals surface area contributed by atoms with Crippen LogP contribution in [-0.2, 0) is 29.1 Å². The Labute approximate surface area is 141 Å². The molecule has 0 saturated carbocycles. The van der Waals surface area contributed by atoms with Crippen molar-refractivity contribution in [1.29, 1.82) is 0 Å². The lowest BCUT2D eigenvalue weighted by Crippen LogP contribution is -2.32. The normalized spacial score (nSPS) is 10.8. The number of benzene rings is 1. The third-order valence-corrected chi connectivity index (χ3v) is 3.45. The number of esters is 2. The maximum absolute atomic E-state index is 11.3. The molecule has 0 heterocycles. The van der Waals surface area contributed by atoms with Gasteiger partial charge in [0.1, 0.15) is 13.2 Å². The van der Waals surface area contributed by atoms with Crippen LogP contribution in [0.4, 0.5) is 11.4 Å². The smallest absolute Gasteiger partial charge is 0.302 e.